The van der Waals surface area contributed by atoms with E-state index in [1.165, 1.54) is 25.9 Å². The van der Waals surface area contributed by atoms with Gasteiger partial charge in [0.1, 0.15) is 5.75 Å². The Morgan fingerprint density at radius 2 is 2.06 bits per heavy atom. The predicted octanol–water partition coefficient (Wildman–Crippen LogP) is 3.19. The third-order valence-electron chi connectivity index (χ3n) is 3.81. The molecule has 0 aliphatic carbocycles. The first-order chi connectivity index (χ1) is 8.56. The molecule has 4 heteroatoms. The Labute approximate surface area is 114 Å². The lowest BCUT2D eigenvalue weighted by molar-refractivity contribution is 0.208. The summed E-state index contributed by atoms with van der Waals surface area (Å²) in [6, 6.07) is 5.71. The lowest BCUT2D eigenvalue weighted by Gasteiger charge is -2.33. The molecule has 1 aliphatic heterocycles. The maximum absolute atomic E-state index is 9.39. The average Bonchev–Trinajstić information content (AvgIpc) is 2.34. The molecule has 1 fully saturated rings. The second-order valence-electron chi connectivity index (χ2n) is 5.24. The van der Waals surface area contributed by atoms with Gasteiger partial charge in [-0.3, -0.25) is 0 Å². The third kappa shape index (κ3) is 3.30. The fraction of sp³-hybridized carbons (Fsp3) is 0.571. The van der Waals surface area contributed by atoms with Crippen LogP contribution in [0.4, 0.5) is 5.69 Å². The quantitative estimate of drug-likeness (QED) is 0.827. The standard InChI is InChI=1S/C14H21ClN2O/c1-10(11-5-7-17(2)8-6-11)16-12-3-4-14(18)13(15)9-12/h3-4,9-11,16,18H,5-8H2,1-2H3. The van der Waals surface area contributed by atoms with Crippen LogP contribution in [0.15, 0.2) is 18.2 Å². The molecule has 1 aromatic rings. The number of hydrogen-bond acceptors (Lipinski definition) is 3. The largest absolute Gasteiger partial charge is 0.506 e. The molecule has 0 spiro atoms. The van der Waals surface area contributed by atoms with Gasteiger partial charge in [0.05, 0.1) is 5.02 Å². The summed E-state index contributed by atoms with van der Waals surface area (Å²) in [5.74, 6) is 0.836. The molecular weight excluding hydrogens is 248 g/mol. The van der Waals surface area contributed by atoms with Gasteiger partial charge in [-0.15, -0.1) is 0 Å². The molecule has 18 heavy (non-hydrogen) atoms. The minimum atomic E-state index is 0.133. The van der Waals surface area contributed by atoms with Crippen molar-refractivity contribution >= 4 is 17.3 Å². The Balaban J connectivity index is 1.94. The molecule has 0 saturated carbocycles. The summed E-state index contributed by atoms with van der Waals surface area (Å²) in [5, 5.41) is 13.3. The van der Waals surface area contributed by atoms with Gasteiger partial charge in [-0.05, 0) is 64.0 Å². The summed E-state index contributed by atoms with van der Waals surface area (Å²) in [6.45, 7) is 4.57. The van der Waals surface area contributed by atoms with Crippen molar-refractivity contribution in [3.8, 4) is 5.75 Å². The van der Waals surface area contributed by atoms with Gasteiger partial charge >= 0.3 is 0 Å². The molecule has 2 N–H and O–H groups in total. The molecule has 0 bridgehead atoms. The smallest absolute Gasteiger partial charge is 0.134 e. The highest BCUT2D eigenvalue weighted by Crippen LogP contribution is 2.28. The first-order valence-electron chi connectivity index (χ1n) is 6.50. The van der Waals surface area contributed by atoms with E-state index in [1.54, 1.807) is 12.1 Å². The second kappa shape index (κ2) is 5.81. The highest BCUT2D eigenvalue weighted by atomic mass is 35.5. The van der Waals surface area contributed by atoms with Crippen LogP contribution in [0.3, 0.4) is 0 Å². The Morgan fingerprint density at radius 1 is 1.39 bits per heavy atom. The number of nitrogens with one attached hydrogen (secondary N) is 1. The molecule has 1 heterocycles. The number of nitrogens with zero attached hydrogens (tertiary/aromatic N) is 1. The molecular formula is C14H21ClN2O. The third-order valence-corrected chi connectivity index (χ3v) is 4.12. The Bertz CT molecular complexity index is 403. The number of hydrogen-bond donors (Lipinski definition) is 2. The van der Waals surface area contributed by atoms with Gasteiger partial charge in [0.15, 0.2) is 0 Å². The molecule has 3 nitrogen and oxygen atoms in total. The van der Waals surface area contributed by atoms with Crippen molar-refractivity contribution in [2.75, 3.05) is 25.5 Å². The van der Waals surface area contributed by atoms with Crippen molar-refractivity contribution in [1.82, 2.24) is 4.90 Å². The Kier molecular flexibility index (Phi) is 4.36. The van der Waals surface area contributed by atoms with Gasteiger partial charge in [-0.1, -0.05) is 11.6 Å². The number of halogens is 1. The van der Waals surface area contributed by atoms with Crippen LogP contribution in [-0.2, 0) is 0 Å². The highest BCUT2D eigenvalue weighted by Gasteiger charge is 2.22. The minimum absolute atomic E-state index is 0.133. The van der Waals surface area contributed by atoms with E-state index in [0.29, 0.717) is 17.0 Å². The number of aromatic hydroxyl groups is 1. The first kappa shape index (κ1) is 13.5. The number of phenolic OH excluding ortho intramolecular Hbond substituents is 1. The maximum atomic E-state index is 9.39. The SMILES string of the molecule is CC(Nc1ccc(O)c(Cl)c1)C1CCN(C)CC1. The van der Waals surface area contributed by atoms with Crippen molar-refractivity contribution in [3.05, 3.63) is 23.2 Å². The normalized spacial score (nSPS) is 19.7. The van der Waals surface area contributed by atoms with E-state index in [9.17, 15) is 5.11 Å². The van der Waals surface area contributed by atoms with E-state index < -0.39 is 0 Å². The lowest BCUT2D eigenvalue weighted by atomic mass is 9.90. The van der Waals surface area contributed by atoms with Gasteiger partial charge < -0.3 is 15.3 Å². The summed E-state index contributed by atoms with van der Waals surface area (Å²) in [5.41, 5.74) is 0.976. The molecule has 100 valence electrons. The predicted molar refractivity (Wildman–Crippen MR) is 76.4 cm³/mol. The van der Waals surface area contributed by atoms with E-state index in [-0.39, 0.29) is 5.75 Å². The van der Waals surface area contributed by atoms with E-state index >= 15 is 0 Å². The summed E-state index contributed by atoms with van der Waals surface area (Å²) in [7, 11) is 2.17. The van der Waals surface area contributed by atoms with Crippen molar-refractivity contribution in [2.24, 2.45) is 5.92 Å². The van der Waals surface area contributed by atoms with Crippen molar-refractivity contribution < 1.29 is 5.11 Å². The van der Waals surface area contributed by atoms with E-state index in [0.717, 1.165) is 5.69 Å². The lowest BCUT2D eigenvalue weighted by Crippen LogP contribution is -2.37. The van der Waals surface area contributed by atoms with E-state index in [2.05, 4.69) is 24.2 Å². The van der Waals surface area contributed by atoms with Gasteiger partial charge in [-0.2, -0.15) is 0 Å². The molecule has 0 amide bonds. The number of likely N-dealkylation sites (tertiary alicyclic amines) is 1. The molecule has 1 atom stereocenters. The number of phenols is 1. The molecule has 1 saturated heterocycles. The fourth-order valence-electron chi connectivity index (χ4n) is 2.51. The zero-order chi connectivity index (χ0) is 13.1. The maximum Gasteiger partial charge on any atom is 0.134 e. The van der Waals surface area contributed by atoms with Crippen molar-refractivity contribution in [2.45, 2.75) is 25.8 Å². The summed E-state index contributed by atoms with van der Waals surface area (Å²) >= 11 is 5.91. The molecule has 1 aliphatic rings. The van der Waals surface area contributed by atoms with Crippen LogP contribution < -0.4 is 5.32 Å². The molecule has 0 radical (unpaired) electrons. The van der Waals surface area contributed by atoms with E-state index in [4.69, 9.17) is 11.6 Å². The van der Waals surface area contributed by atoms with Gasteiger partial charge in [0.2, 0.25) is 0 Å². The Morgan fingerprint density at radius 3 is 2.67 bits per heavy atom. The van der Waals surface area contributed by atoms with Crippen LogP contribution in [0.25, 0.3) is 0 Å². The molecule has 1 unspecified atom stereocenters. The van der Waals surface area contributed by atoms with Crippen LogP contribution in [0.2, 0.25) is 5.02 Å². The second-order valence-corrected chi connectivity index (χ2v) is 5.65. The van der Waals surface area contributed by atoms with Gasteiger partial charge in [0, 0.05) is 11.7 Å². The van der Waals surface area contributed by atoms with Crippen LogP contribution in [0.5, 0.6) is 5.75 Å². The van der Waals surface area contributed by atoms with Crippen LogP contribution in [0.1, 0.15) is 19.8 Å². The van der Waals surface area contributed by atoms with E-state index in [1.807, 2.05) is 6.07 Å². The highest BCUT2D eigenvalue weighted by molar-refractivity contribution is 6.32. The van der Waals surface area contributed by atoms with Crippen LogP contribution >= 0.6 is 11.6 Å². The number of benzene rings is 1. The monoisotopic (exact) mass is 268 g/mol. The van der Waals surface area contributed by atoms with Crippen LogP contribution in [-0.4, -0.2) is 36.2 Å². The average molecular weight is 269 g/mol. The first-order valence-corrected chi connectivity index (χ1v) is 6.87. The molecule has 1 aromatic carbocycles. The zero-order valence-corrected chi connectivity index (χ0v) is 11.7. The van der Waals surface area contributed by atoms with Crippen molar-refractivity contribution in [3.63, 3.8) is 0 Å². The number of piperidine rings is 1. The Hall–Kier alpha value is -0.930. The van der Waals surface area contributed by atoms with Gasteiger partial charge in [-0.25, -0.2) is 0 Å². The fourth-order valence-corrected chi connectivity index (χ4v) is 2.69. The minimum Gasteiger partial charge on any atom is -0.506 e. The number of rotatable bonds is 3. The summed E-state index contributed by atoms with van der Waals surface area (Å²) in [6.07, 6.45) is 2.47. The van der Waals surface area contributed by atoms with Gasteiger partial charge in [0.25, 0.3) is 0 Å². The molecule has 2 rings (SSSR count). The summed E-state index contributed by atoms with van der Waals surface area (Å²) < 4.78 is 0. The summed E-state index contributed by atoms with van der Waals surface area (Å²) in [4.78, 5) is 2.38. The zero-order valence-electron chi connectivity index (χ0n) is 11.0. The topological polar surface area (TPSA) is 35.5 Å². The molecule has 0 aromatic heterocycles. The van der Waals surface area contributed by atoms with Crippen LogP contribution in [0, 0.1) is 5.92 Å². The number of anilines is 1. The van der Waals surface area contributed by atoms with Crippen molar-refractivity contribution in [1.29, 1.82) is 0 Å².